The zero-order valence-electron chi connectivity index (χ0n) is 20.5. The Morgan fingerprint density at radius 3 is 2.39 bits per heavy atom. The van der Waals surface area contributed by atoms with Gasteiger partial charge >= 0.3 is 5.97 Å². The third-order valence-electron chi connectivity index (χ3n) is 6.37. The third kappa shape index (κ3) is 5.38. The average molecular weight is 532 g/mol. The summed E-state index contributed by atoms with van der Waals surface area (Å²) in [7, 11) is 0. The lowest BCUT2D eigenvalue weighted by Crippen LogP contribution is -2.60. The SMILES string of the molecule is CCC(C)C(=O)OCC1OC(Oc2cc(O)c3c(=O)cc(-c4ccc(O)c(O)c4)oc3c2)C(O)C(O)C1O. The molecular weight excluding hydrogens is 504 g/mol. The summed E-state index contributed by atoms with van der Waals surface area (Å²) >= 11 is 0. The first-order valence-corrected chi connectivity index (χ1v) is 11.9. The summed E-state index contributed by atoms with van der Waals surface area (Å²) in [6.07, 6.45) is -7.25. The highest BCUT2D eigenvalue weighted by atomic mass is 16.7. The van der Waals surface area contributed by atoms with Crippen molar-refractivity contribution in [3.05, 3.63) is 46.6 Å². The van der Waals surface area contributed by atoms with E-state index < -0.39 is 60.2 Å². The van der Waals surface area contributed by atoms with Crippen molar-refractivity contribution in [2.75, 3.05) is 6.61 Å². The molecule has 1 aliphatic heterocycles. The van der Waals surface area contributed by atoms with Gasteiger partial charge in [-0.05, 0) is 24.6 Å². The van der Waals surface area contributed by atoms with E-state index in [4.69, 9.17) is 18.6 Å². The summed E-state index contributed by atoms with van der Waals surface area (Å²) in [5, 5.41) is 60.6. The van der Waals surface area contributed by atoms with Crippen LogP contribution in [0, 0.1) is 5.92 Å². The predicted octanol–water partition coefficient (Wildman–Crippen LogP) is 1.35. The normalized spacial score (nSPS) is 24.2. The highest BCUT2D eigenvalue weighted by molar-refractivity contribution is 5.86. The van der Waals surface area contributed by atoms with Crippen LogP contribution in [0.15, 0.2) is 45.6 Å². The molecule has 0 spiro atoms. The Labute approximate surface area is 215 Å². The summed E-state index contributed by atoms with van der Waals surface area (Å²) in [6.45, 7) is 3.07. The zero-order chi connectivity index (χ0) is 27.7. The van der Waals surface area contributed by atoms with Crippen molar-refractivity contribution >= 4 is 16.9 Å². The fraction of sp³-hybridized carbons (Fsp3) is 0.385. The second-order valence-corrected chi connectivity index (χ2v) is 9.07. The Kier molecular flexibility index (Phi) is 7.78. The highest BCUT2D eigenvalue weighted by Crippen LogP contribution is 2.35. The number of phenolic OH excluding ortho intramolecular Hbond substituents is 3. The summed E-state index contributed by atoms with van der Waals surface area (Å²) in [5.41, 5.74) is -0.448. The van der Waals surface area contributed by atoms with Gasteiger partial charge in [0, 0.05) is 23.8 Å². The van der Waals surface area contributed by atoms with Gasteiger partial charge < -0.3 is 49.3 Å². The first-order valence-electron chi connectivity index (χ1n) is 11.9. The maximum Gasteiger partial charge on any atom is 0.308 e. The van der Waals surface area contributed by atoms with E-state index in [1.54, 1.807) is 13.8 Å². The molecule has 0 saturated carbocycles. The average Bonchev–Trinajstić information content (AvgIpc) is 2.88. The molecule has 12 heteroatoms. The number of hydrogen-bond donors (Lipinski definition) is 6. The van der Waals surface area contributed by atoms with Gasteiger partial charge in [0.1, 0.15) is 59.3 Å². The van der Waals surface area contributed by atoms with E-state index in [0.717, 1.165) is 12.1 Å². The van der Waals surface area contributed by atoms with Crippen LogP contribution in [0.4, 0.5) is 0 Å². The Hall–Kier alpha value is -3.84. The predicted molar refractivity (Wildman–Crippen MR) is 131 cm³/mol. The van der Waals surface area contributed by atoms with Crippen LogP contribution in [0.2, 0.25) is 0 Å². The summed E-state index contributed by atoms with van der Waals surface area (Å²) in [4.78, 5) is 24.7. The van der Waals surface area contributed by atoms with E-state index in [9.17, 15) is 40.2 Å². The minimum absolute atomic E-state index is 0.0185. The van der Waals surface area contributed by atoms with Gasteiger partial charge in [0.05, 0.1) is 5.92 Å². The van der Waals surface area contributed by atoms with Crippen LogP contribution in [0.25, 0.3) is 22.3 Å². The molecular formula is C26H28O12. The molecule has 2 aromatic carbocycles. The van der Waals surface area contributed by atoms with Gasteiger partial charge in [-0.15, -0.1) is 0 Å². The Morgan fingerprint density at radius 2 is 1.71 bits per heavy atom. The largest absolute Gasteiger partial charge is 0.507 e. The second kappa shape index (κ2) is 10.9. The quantitative estimate of drug-likeness (QED) is 0.189. The molecule has 2 heterocycles. The van der Waals surface area contributed by atoms with E-state index in [1.807, 2.05) is 0 Å². The maximum atomic E-state index is 12.7. The van der Waals surface area contributed by atoms with Crippen LogP contribution in [0.3, 0.4) is 0 Å². The Morgan fingerprint density at radius 1 is 0.974 bits per heavy atom. The van der Waals surface area contributed by atoms with Crippen LogP contribution in [-0.2, 0) is 14.3 Å². The molecule has 1 aromatic heterocycles. The molecule has 38 heavy (non-hydrogen) atoms. The van der Waals surface area contributed by atoms with Crippen molar-refractivity contribution in [2.45, 2.75) is 51.0 Å². The van der Waals surface area contributed by atoms with Crippen molar-refractivity contribution in [1.29, 1.82) is 0 Å². The topological polar surface area (TPSA) is 196 Å². The molecule has 6 atom stereocenters. The number of rotatable bonds is 7. The number of benzene rings is 2. The van der Waals surface area contributed by atoms with Crippen molar-refractivity contribution < 1.29 is 54.1 Å². The van der Waals surface area contributed by atoms with E-state index in [-0.39, 0.29) is 39.7 Å². The number of carbonyl (C=O) groups excluding carboxylic acids is 1. The van der Waals surface area contributed by atoms with Gasteiger partial charge in [-0.3, -0.25) is 9.59 Å². The molecule has 204 valence electrons. The lowest BCUT2D eigenvalue weighted by molar-refractivity contribution is -0.278. The smallest absolute Gasteiger partial charge is 0.308 e. The fourth-order valence-corrected chi connectivity index (χ4v) is 3.89. The molecule has 3 aromatic rings. The number of aliphatic hydroxyl groups excluding tert-OH is 3. The number of phenols is 3. The number of aromatic hydroxyl groups is 3. The van der Waals surface area contributed by atoms with Crippen LogP contribution in [-0.4, -0.2) is 73.9 Å². The third-order valence-corrected chi connectivity index (χ3v) is 6.37. The number of ether oxygens (including phenoxy) is 3. The lowest BCUT2D eigenvalue weighted by Gasteiger charge is -2.40. The molecule has 1 saturated heterocycles. The zero-order valence-corrected chi connectivity index (χ0v) is 20.5. The van der Waals surface area contributed by atoms with Crippen LogP contribution < -0.4 is 10.2 Å². The molecule has 0 bridgehead atoms. The van der Waals surface area contributed by atoms with Gasteiger partial charge in [-0.2, -0.15) is 0 Å². The van der Waals surface area contributed by atoms with E-state index in [2.05, 4.69) is 0 Å². The van der Waals surface area contributed by atoms with Crippen LogP contribution >= 0.6 is 0 Å². The van der Waals surface area contributed by atoms with Crippen molar-refractivity contribution in [3.8, 4) is 34.3 Å². The van der Waals surface area contributed by atoms with Gasteiger partial charge in [0.25, 0.3) is 0 Å². The Balaban J connectivity index is 1.61. The number of carbonyl (C=O) groups is 1. The summed E-state index contributed by atoms with van der Waals surface area (Å²) in [6, 6.07) is 7.23. The number of esters is 1. The Bertz CT molecular complexity index is 1380. The van der Waals surface area contributed by atoms with Crippen LogP contribution in [0.5, 0.6) is 23.0 Å². The summed E-state index contributed by atoms with van der Waals surface area (Å²) < 4.78 is 22.1. The second-order valence-electron chi connectivity index (χ2n) is 9.07. The molecule has 4 rings (SSSR count). The van der Waals surface area contributed by atoms with Gasteiger partial charge in [-0.25, -0.2) is 0 Å². The molecule has 1 aliphatic rings. The monoisotopic (exact) mass is 532 g/mol. The number of hydrogen-bond acceptors (Lipinski definition) is 12. The number of aliphatic hydroxyl groups is 3. The minimum atomic E-state index is -1.72. The molecule has 0 radical (unpaired) electrons. The van der Waals surface area contributed by atoms with Crippen LogP contribution in [0.1, 0.15) is 20.3 Å². The van der Waals surface area contributed by atoms with Crippen molar-refractivity contribution in [3.63, 3.8) is 0 Å². The molecule has 12 nitrogen and oxygen atoms in total. The minimum Gasteiger partial charge on any atom is -0.507 e. The van der Waals surface area contributed by atoms with Crippen molar-refractivity contribution in [2.24, 2.45) is 5.92 Å². The molecule has 0 amide bonds. The van der Waals surface area contributed by atoms with Crippen molar-refractivity contribution in [1.82, 2.24) is 0 Å². The van der Waals surface area contributed by atoms with Gasteiger partial charge in [0.15, 0.2) is 16.9 Å². The van der Waals surface area contributed by atoms with Gasteiger partial charge in [-0.1, -0.05) is 13.8 Å². The van der Waals surface area contributed by atoms with E-state index in [1.165, 1.54) is 24.3 Å². The number of fused-ring (bicyclic) bond motifs is 1. The van der Waals surface area contributed by atoms with E-state index in [0.29, 0.717) is 6.42 Å². The molecule has 1 fully saturated rings. The highest BCUT2D eigenvalue weighted by Gasteiger charge is 2.45. The summed E-state index contributed by atoms with van der Waals surface area (Å²) in [5.74, 6) is -2.30. The van der Waals surface area contributed by atoms with Gasteiger partial charge in [0.2, 0.25) is 6.29 Å². The van der Waals surface area contributed by atoms with E-state index >= 15 is 0 Å². The first kappa shape index (κ1) is 27.2. The lowest BCUT2D eigenvalue weighted by atomic mass is 9.99. The standard InChI is InChI=1S/C26H28O12/c1-3-11(2)25(34)35-10-20-22(31)23(32)24(33)26(38-20)36-13-7-16(29)21-17(30)9-18(37-19(21)8-13)12-4-5-14(27)15(28)6-12/h4-9,11,20,22-24,26-29,31-33H,3,10H2,1-2H3. The fourth-order valence-electron chi connectivity index (χ4n) is 3.89. The molecule has 6 unspecified atom stereocenters. The molecule has 6 N–H and O–H groups in total. The maximum absolute atomic E-state index is 12.7. The molecule has 0 aliphatic carbocycles. The first-order chi connectivity index (χ1) is 18.0.